The van der Waals surface area contributed by atoms with Gasteiger partial charge in [-0.3, -0.25) is 19.9 Å². The van der Waals surface area contributed by atoms with Crippen molar-refractivity contribution in [1.29, 1.82) is 5.41 Å². The zero-order chi connectivity index (χ0) is 25.8. The minimum absolute atomic E-state index is 0.0425. The van der Waals surface area contributed by atoms with Gasteiger partial charge in [0.05, 0.1) is 25.0 Å². The van der Waals surface area contributed by atoms with Crippen LogP contribution in [-0.2, 0) is 24.8 Å². The molecule has 1 amide bonds. The van der Waals surface area contributed by atoms with E-state index in [0.29, 0.717) is 42.1 Å². The average Bonchev–Trinajstić information content (AvgIpc) is 3.21. The molecule has 0 radical (unpaired) electrons. The molecule has 3 heterocycles. The fourth-order valence-electron chi connectivity index (χ4n) is 4.63. The molecule has 0 fully saturated rings. The van der Waals surface area contributed by atoms with Gasteiger partial charge < -0.3 is 14.2 Å². The maximum absolute atomic E-state index is 13.8. The first-order valence-electron chi connectivity index (χ1n) is 11.9. The van der Waals surface area contributed by atoms with Crippen molar-refractivity contribution in [3.63, 3.8) is 0 Å². The monoisotopic (exact) mass is 484 g/mol. The van der Waals surface area contributed by atoms with Crippen LogP contribution in [0.15, 0.2) is 71.3 Å². The molecular formula is C28H32N6O2. The van der Waals surface area contributed by atoms with Crippen molar-refractivity contribution in [1.82, 2.24) is 19.2 Å². The van der Waals surface area contributed by atoms with Crippen LogP contribution < -0.4 is 5.49 Å². The summed E-state index contributed by atoms with van der Waals surface area (Å²) in [7, 11) is 3.51. The van der Waals surface area contributed by atoms with Gasteiger partial charge in [0, 0.05) is 49.7 Å². The lowest BCUT2D eigenvalue weighted by atomic mass is 9.88. The van der Waals surface area contributed by atoms with Crippen LogP contribution >= 0.6 is 0 Å². The van der Waals surface area contributed by atoms with Crippen LogP contribution in [0.2, 0.25) is 0 Å². The fourth-order valence-corrected chi connectivity index (χ4v) is 4.63. The van der Waals surface area contributed by atoms with Gasteiger partial charge in [-0.1, -0.05) is 6.07 Å². The number of aromatic nitrogens is 3. The lowest BCUT2D eigenvalue weighted by molar-refractivity contribution is 0.0754. The number of rotatable bonds is 8. The summed E-state index contributed by atoms with van der Waals surface area (Å²) < 4.78 is 8.99. The summed E-state index contributed by atoms with van der Waals surface area (Å²) in [6, 6.07) is 9.62. The van der Waals surface area contributed by atoms with Gasteiger partial charge in [-0.2, -0.15) is 5.10 Å². The third kappa shape index (κ3) is 5.07. The van der Waals surface area contributed by atoms with Gasteiger partial charge in [-0.25, -0.2) is 0 Å². The first kappa shape index (κ1) is 24.9. The van der Waals surface area contributed by atoms with E-state index in [9.17, 15) is 4.79 Å². The smallest absolute Gasteiger partial charge is 0.254 e. The van der Waals surface area contributed by atoms with E-state index in [2.05, 4.69) is 22.9 Å². The number of pyridine rings is 1. The quantitative estimate of drug-likeness (QED) is 0.299. The first-order chi connectivity index (χ1) is 17.3. The molecule has 0 unspecified atom stereocenters. The topological polar surface area (TPSA) is 88.5 Å². The van der Waals surface area contributed by atoms with E-state index in [1.54, 1.807) is 28.8 Å². The number of ether oxygens (including phenoxy) is 1. The number of hydrogen-bond acceptors (Lipinski definition) is 5. The van der Waals surface area contributed by atoms with Gasteiger partial charge in [0.2, 0.25) is 0 Å². The van der Waals surface area contributed by atoms with Crippen LogP contribution in [-0.4, -0.2) is 52.1 Å². The number of aliphatic imine (C=N–C) groups is 1. The zero-order valence-electron chi connectivity index (χ0n) is 21.3. The van der Waals surface area contributed by atoms with E-state index in [1.807, 2.05) is 62.1 Å². The van der Waals surface area contributed by atoms with Crippen LogP contribution in [0.25, 0.3) is 11.1 Å². The Morgan fingerprint density at radius 3 is 2.69 bits per heavy atom. The number of aryl methyl sites for hydroxylation is 2. The van der Waals surface area contributed by atoms with Crippen molar-refractivity contribution in [2.75, 3.05) is 20.2 Å². The lowest BCUT2D eigenvalue weighted by Crippen LogP contribution is -2.39. The lowest BCUT2D eigenvalue weighted by Gasteiger charge is -2.30. The van der Waals surface area contributed by atoms with Crippen molar-refractivity contribution in [3.8, 4) is 11.1 Å². The molecule has 4 rings (SSSR count). The molecule has 1 aromatic carbocycles. The molecule has 0 saturated heterocycles. The number of methoxy groups -OCH3 is 1. The molecular weight excluding hydrogens is 452 g/mol. The number of carbonyl (C=O) groups excluding carboxylic acids is 1. The number of allylic oxidation sites excluding steroid dienone is 2. The number of nitrogens with one attached hydrogen (secondary N) is 1. The van der Waals surface area contributed by atoms with Gasteiger partial charge in [0.25, 0.3) is 5.91 Å². The van der Waals surface area contributed by atoms with Crippen molar-refractivity contribution >= 4 is 12.6 Å². The van der Waals surface area contributed by atoms with Gasteiger partial charge in [-0.05, 0) is 74.0 Å². The van der Waals surface area contributed by atoms with Gasteiger partial charge >= 0.3 is 0 Å². The highest BCUT2D eigenvalue weighted by Gasteiger charge is 2.28. The number of benzene rings is 1. The second kappa shape index (κ2) is 10.6. The molecule has 0 aliphatic carbocycles. The standard InChI is InChI=1S/C28H32N6O2/c1-6-22(36-5)15-21(30-3)17-34-12-10-23-24(26-18-32(4)31-19(26)2)13-20(14-25(23)28(34)35)16-33-11-8-7-9-27(33)29/h6-9,11,13-15,18,29H,3,10,12,16-17H2,1-2,4-5H3/b21-15-,22-6+,29-27?. The van der Waals surface area contributed by atoms with Gasteiger partial charge in [0.1, 0.15) is 11.2 Å². The van der Waals surface area contributed by atoms with Crippen LogP contribution in [0.4, 0.5) is 0 Å². The first-order valence-corrected chi connectivity index (χ1v) is 11.9. The van der Waals surface area contributed by atoms with Crippen LogP contribution in [0.3, 0.4) is 0 Å². The number of fused-ring (bicyclic) bond motifs is 1. The third-order valence-electron chi connectivity index (χ3n) is 6.44. The number of amides is 1. The van der Waals surface area contributed by atoms with Crippen LogP contribution in [0.5, 0.6) is 0 Å². The van der Waals surface area contributed by atoms with E-state index in [1.165, 1.54) is 0 Å². The molecule has 8 nitrogen and oxygen atoms in total. The summed E-state index contributed by atoms with van der Waals surface area (Å²) in [6.45, 7) is 8.97. The van der Waals surface area contributed by atoms with Crippen molar-refractivity contribution in [2.24, 2.45) is 12.0 Å². The highest BCUT2D eigenvalue weighted by molar-refractivity contribution is 5.99. The Kier molecular flexibility index (Phi) is 7.33. The Balaban J connectivity index is 1.77. The summed E-state index contributed by atoms with van der Waals surface area (Å²) in [6.07, 6.45) is 8.25. The molecule has 0 spiro atoms. The summed E-state index contributed by atoms with van der Waals surface area (Å²) in [5.74, 6) is 0.629. The number of hydrogen-bond donors (Lipinski definition) is 1. The Hall–Kier alpha value is -4.20. The summed E-state index contributed by atoms with van der Waals surface area (Å²) in [5, 5.41) is 12.8. The van der Waals surface area contributed by atoms with Crippen LogP contribution in [0.1, 0.15) is 34.1 Å². The van der Waals surface area contributed by atoms with Crippen molar-refractivity contribution < 1.29 is 9.53 Å². The van der Waals surface area contributed by atoms with E-state index in [-0.39, 0.29) is 5.91 Å². The average molecular weight is 485 g/mol. The Labute approximate surface area is 211 Å². The second-order valence-electron chi connectivity index (χ2n) is 8.85. The Morgan fingerprint density at radius 2 is 2.06 bits per heavy atom. The molecule has 1 N–H and O–H groups in total. The fraction of sp³-hybridized carbons (Fsp3) is 0.286. The zero-order valence-corrected chi connectivity index (χ0v) is 21.3. The minimum atomic E-state index is -0.0425. The van der Waals surface area contributed by atoms with Crippen molar-refractivity contribution in [3.05, 3.63) is 94.2 Å². The maximum Gasteiger partial charge on any atom is 0.254 e. The molecule has 36 heavy (non-hydrogen) atoms. The Morgan fingerprint density at radius 1 is 1.28 bits per heavy atom. The van der Waals surface area contributed by atoms with E-state index >= 15 is 0 Å². The molecule has 0 saturated carbocycles. The molecule has 0 atom stereocenters. The summed E-state index contributed by atoms with van der Waals surface area (Å²) >= 11 is 0. The number of nitrogens with zero attached hydrogens (tertiary/aromatic N) is 5. The minimum Gasteiger partial charge on any atom is -0.497 e. The largest absolute Gasteiger partial charge is 0.497 e. The highest BCUT2D eigenvalue weighted by atomic mass is 16.5. The molecule has 0 bridgehead atoms. The molecule has 8 heteroatoms. The predicted molar refractivity (Wildman–Crippen MR) is 141 cm³/mol. The highest BCUT2D eigenvalue weighted by Crippen LogP contribution is 2.34. The molecule has 1 aliphatic rings. The van der Waals surface area contributed by atoms with E-state index in [4.69, 9.17) is 10.1 Å². The molecule has 3 aromatic rings. The molecule has 1 aliphatic heterocycles. The molecule has 186 valence electrons. The van der Waals surface area contributed by atoms with E-state index < -0.39 is 0 Å². The van der Waals surface area contributed by atoms with Crippen molar-refractivity contribution in [2.45, 2.75) is 26.8 Å². The van der Waals surface area contributed by atoms with Crippen LogP contribution in [0, 0.1) is 12.3 Å². The predicted octanol–water partition coefficient (Wildman–Crippen LogP) is 3.86. The SMILES string of the molecule is C=N/C(=C\C(=C/C)OC)CN1CCc2c(cc(Cn3ccccc3=N)cc2-c2cn(C)nc2C)C1=O. The van der Waals surface area contributed by atoms with Gasteiger partial charge in [0.15, 0.2) is 0 Å². The summed E-state index contributed by atoms with van der Waals surface area (Å²) in [4.78, 5) is 19.7. The Bertz CT molecular complexity index is 1430. The maximum atomic E-state index is 13.8. The van der Waals surface area contributed by atoms with Gasteiger partial charge in [-0.15, -0.1) is 0 Å². The summed E-state index contributed by atoms with van der Waals surface area (Å²) in [5.41, 5.74) is 6.71. The third-order valence-corrected chi connectivity index (χ3v) is 6.44. The van der Waals surface area contributed by atoms with E-state index in [0.717, 1.165) is 34.4 Å². The normalized spacial score (nSPS) is 14.1. The number of carbonyl (C=O) groups is 1. The second-order valence-corrected chi connectivity index (χ2v) is 8.85. The molecule has 2 aromatic heterocycles.